The van der Waals surface area contributed by atoms with Crippen molar-refractivity contribution in [1.82, 2.24) is 15.1 Å². The highest BCUT2D eigenvalue weighted by Gasteiger charge is 2.20. The van der Waals surface area contributed by atoms with Gasteiger partial charge in [-0.1, -0.05) is 29.8 Å². The maximum absolute atomic E-state index is 13.7. The molecule has 0 radical (unpaired) electrons. The average molecular weight is 432 g/mol. The van der Waals surface area contributed by atoms with E-state index in [1.54, 1.807) is 24.3 Å². The average Bonchev–Trinajstić information content (AvgIpc) is 2.74. The Balaban J connectivity index is 2.14. The molecule has 1 amide bonds. The standard InChI is InChI=1S/C21H19ClFN3O4/c1-30-12-16(11-27)24-20(28)18-10-19(13-5-7-14(22)8-6-13)25-26(21(18)29)17-4-2-3-15(23)9-17/h2-10,16,27H,11-12H2,1H3,(H,24,28). The van der Waals surface area contributed by atoms with Gasteiger partial charge in [-0.15, -0.1) is 0 Å². The molecule has 0 bridgehead atoms. The van der Waals surface area contributed by atoms with Crippen molar-refractivity contribution in [2.24, 2.45) is 0 Å². The van der Waals surface area contributed by atoms with Crippen molar-refractivity contribution < 1.29 is 19.0 Å². The molecule has 7 nitrogen and oxygen atoms in total. The normalized spacial score (nSPS) is 11.9. The minimum atomic E-state index is -0.732. The van der Waals surface area contributed by atoms with Crippen LogP contribution in [0.1, 0.15) is 10.4 Å². The van der Waals surface area contributed by atoms with Crippen LogP contribution in [-0.4, -0.2) is 47.2 Å². The molecule has 0 spiro atoms. The second-order valence-corrected chi connectivity index (χ2v) is 6.89. The lowest BCUT2D eigenvalue weighted by Gasteiger charge is -2.16. The first-order valence-electron chi connectivity index (χ1n) is 9.00. The molecule has 1 atom stereocenters. The minimum Gasteiger partial charge on any atom is -0.394 e. The van der Waals surface area contributed by atoms with Crippen molar-refractivity contribution in [1.29, 1.82) is 0 Å². The van der Waals surface area contributed by atoms with Crippen molar-refractivity contribution in [3.05, 3.63) is 81.4 Å². The molecule has 0 fully saturated rings. The fraction of sp³-hybridized carbons (Fsp3) is 0.190. The molecule has 0 aliphatic heterocycles. The molecule has 9 heteroatoms. The Morgan fingerprint density at radius 1 is 1.27 bits per heavy atom. The number of aliphatic hydroxyl groups excluding tert-OH is 1. The first-order valence-corrected chi connectivity index (χ1v) is 9.37. The van der Waals surface area contributed by atoms with Crippen molar-refractivity contribution in [2.45, 2.75) is 6.04 Å². The third-order valence-corrected chi connectivity index (χ3v) is 4.52. The summed E-state index contributed by atoms with van der Waals surface area (Å²) < 4.78 is 19.6. The van der Waals surface area contributed by atoms with Gasteiger partial charge in [-0.05, 0) is 36.4 Å². The van der Waals surface area contributed by atoms with E-state index in [1.807, 2.05) is 0 Å². The molecule has 1 heterocycles. The summed E-state index contributed by atoms with van der Waals surface area (Å²) in [5.74, 6) is -1.26. The van der Waals surface area contributed by atoms with Gasteiger partial charge in [0.05, 0.1) is 30.6 Å². The van der Waals surface area contributed by atoms with Gasteiger partial charge in [0.2, 0.25) is 0 Å². The van der Waals surface area contributed by atoms with Crippen molar-refractivity contribution in [3.8, 4) is 16.9 Å². The lowest BCUT2D eigenvalue weighted by Crippen LogP contribution is -2.43. The van der Waals surface area contributed by atoms with Crippen LogP contribution in [0.25, 0.3) is 16.9 Å². The Morgan fingerprint density at radius 2 is 2.00 bits per heavy atom. The van der Waals surface area contributed by atoms with E-state index in [9.17, 15) is 19.1 Å². The highest BCUT2D eigenvalue weighted by molar-refractivity contribution is 6.30. The van der Waals surface area contributed by atoms with Gasteiger partial charge in [0.15, 0.2) is 0 Å². The highest BCUT2D eigenvalue weighted by Crippen LogP contribution is 2.20. The summed E-state index contributed by atoms with van der Waals surface area (Å²) in [6.07, 6.45) is 0. The number of nitrogens with one attached hydrogen (secondary N) is 1. The largest absolute Gasteiger partial charge is 0.394 e. The first kappa shape index (κ1) is 21.6. The van der Waals surface area contributed by atoms with Gasteiger partial charge in [0.25, 0.3) is 11.5 Å². The molecule has 2 N–H and O–H groups in total. The number of carbonyl (C=O) groups excluding carboxylic acids is 1. The van der Waals surface area contributed by atoms with Gasteiger partial charge >= 0.3 is 0 Å². The molecule has 1 unspecified atom stereocenters. The summed E-state index contributed by atoms with van der Waals surface area (Å²) in [7, 11) is 1.43. The SMILES string of the molecule is COCC(CO)NC(=O)c1cc(-c2ccc(Cl)cc2)nn(-c2cccc(F)c2)c1=O. The molecule has 0 saturated heterocycles. The fourth-order valence-electron chi connectivity index (χ4n) is 2.81. The smallest absolute Gasteiger partial charge is 0.284 e. The van der Waals surface area contributed by atoms with Crippen LogP contribution in [0, 0.1) is 5.82 Å². The van der Waals surface area contributed by atoms with Crippen LogP contribution in [0.5, 0.6) is 0 Å². The molecule has 1 aromatic heterocycles. The number of rotatable bonds is 7. The van der Waals surface area contributed by atoms with Gasteiger partial charge in [0, 0.05) is 17.7 Å². The summed E-state index contributed by atoms with van der Waals surface area (Å²) in [6, 6.07) is 12.6. The van der Waals surface area contributed by atoms with Gasteiger partial charge in [-0.2, -0.15) is 9.78 Å². The minimum absolute atomic E-state index is 0.0649. The number of aromatic nitrogens is 2. The number of ether oxygens (including phenoxy) is 1. The van der Waals surface area contributed by atoms with E-state index < -0.39 is 23.3 Å². The lowest BCUT2D eigenvalue weighted by molar-refractivity contribution is 0.0837. The Kier molecular flexibility index (Phi) is 6.94. The Bertz CT molecular complexity index is 1100. The molecule has 0 aliphatic carbocycles. The van der Waals surface area contributed by atoms with Crippen LogP contribution in [0.3, 0.4) is 0 Å². The number of carbonyl (C=O) groups is 1. The van der Waals surface area contributed by atoms with E-state index in [0.717, 1.165) is 10.7 Å². The maximum atomic E-state index is 13.7. The second kappa shape index (κ2) is 9.62. The van der Waals surface area contributed by atoms with E-state index in [4.69, 9.17) is 16.3 Å². The Hall–Kier alpha value is -3.07. The van der Waals surface area contributed by atoms with Gasteiger partial charge < -0.3 is 15.2 Å². The molecular formula is C21H19ClFN3O4. The molecule has 3 aromatic rings. The summed E-state index contributed by atoms with van der Waals surface area (Å²) >= 11 is 5.94. The fourth-order valence-corrected chi connectivity index (χ4v) is 2.93. The first-order chi connectivity index (χ1) is 14.4. The van der Waals surface area contributed by atoms with Crippen molar-refractivity contribution >= 4 is 17.5 Å². The van der Waals surface area contributed by atoms with Crippen molar-refractivity contribution in [2.75, 3.05) is 20.3 Å². The van der Waals surface area contributed by atoms with Crippen LogP contribution < -0.4 is 10.9 Å². The summed E-state index contributed by atoms with van der Waals surface area (Å²) in [5.41, 5.74) is 0.140. The number of hydrogen-bond donors (Lipinski definition) is 2. The van der Waals surface area contributed by atoms with Gasteiger partial charge in [0.1, 0.15) is 11.4 Å². The zero-order valence-corrected chi connectivity index (χ0v) is 16.8. The number of hydrogen-bond acceptors (Lipinski definition) is 5. The van der Waals surface area contributed by atoms with E-state index in [1.165, 1.54) is 31.4 Å². The summed E-state index contributed by atoms with van der Waals surface area (Å²) in [4.78, 5) is 25.8. The Labute approximate surface area is 176 Å². The van der Waals surface area contributed by atoms with Crippen LogP contribution in [-0.2, 0) is 4.74 Å². The number of halogens is 2. The summed E-state index contributed by atoms with van der Waals surface area (Å²) in [6.45, 7) is -0.303. The van der Waals surface area contributed by atoms with E-state index in [0.29, 0.717) is 16.3 Å². The molecule has 0 aliphatic rings. The quantitative estimate of drug-likeness (QED) is 0.599. The molecule has 156 valence electrons. The zero-order valence-electron chi connectivity index (χ0n) is 16.0. The maximum Gasteiger partial charge on any atom is 0.284 e. The molecular weight excluding hydrogens is 413 g/mol. The number of benzene rings is 2. The van der Waals surface area contributed by atoms with Crippen LogP contribution in [0.15, 0.2) is 59.4 Å². The van der Waals surface area contributed by atoms with Crippen molar-refractivity contribution in [3.63, 3.8) is 0 Å². The topological polar surface area (TPSA) is 93.4 Å². The van der Waals surface area contributed by atoms with Crippen LogP contribution in [0.2, 0.25) is 5.02 Å². The zero-order chi connectivity index (χ0) is 21.7. The van der Waals surface area contributed by atoms with Crippen LogP contribution >= 0.6 is 11.6 Å². The molecule has 3 rings (SSSR count). The molecule has 30 heavy (non-hydrogen) atoms. The third-order valence-electron chi connectivity index (χ3n) is 4.27. The van der Waals surface area contributed by atoms with E-state index >= 15 is 0 Å². The lowest BCUT2D eigenvalue weighted by atomic mass is 10.1. The van der Waals surface area contributed by atoms with E-state index in [-0.39, 0.29) is 24.5 Å². The summed E-state index contributed by atoms with van der Waals surface area (Å²) in [5, 5.41) is 16.8. The number of methoxy groups -OCH3 is 1. The Morgan fingerprint density at radius 3 is 2.63 bits per heavy atom. The predicted molar refractivity (Wildman–Crippen MR) is 110 cm³/mol. The predicted octanol–water partition coefficient (Wildman–Crippen LogP) is 2.43. The van der Waals surface area contributed by atoms with Gasteiger partial charge in [-0.25, -0.2) is 4.39 Å². The second-order valence-electron chi connectivity index (χ2n) is 6.46. The number of aliphatic hydroxyl groups is 1. The van der Waals surface area contributed by atoms with Gasteiger partial charge in [-0.3, -0.25) is 9.59 Å². The van der Waals surface area contributed by atoms with Crippen LogP contribution in [0.4, 0.5) is 4.39 Å². The molecule has 2 aromatic carbocycles. The highest BCUT2D eigenvalue weighted by atomic mass is 35.5. The third kappa shape index (κ3) is 4.91. The number of amides is 1. The van der Waals surface area contributed by atoms with E-state index in [2.05, 4.69) is 10.4 Å². The molecule has 0 saturated carbocycles. The number of nitrogens with zero attached hydrogens (tertiary/aromatic N) is 2. The monoisotopic (exact) mass is 431 g/mol.